The van der Waals surface area contributed by atoms with Crippen LogP contribution in [0.5, 0.6) is 0 Å². The van der Waals surface area contributed by atoms with Gasteiger partial charge in [-0.2, -0.15) is 0 Å². The number of esters is 3. The lowest BCUT2D eigenvalue weighted by Gasteiger charge is -2.33. The maximum absolute atomic E-state index is 14.7. The van der Waals surface area contributed by atoms with Gasteiger partial charge in [-0.15, -0.1) is 0 Å². The summed E-state index contributed by atoms with van der Waals surface area (Å²) in [5.74, 6) is -4.29. The minimum atomic E-state index is -5.24. The van der Waals surface area contributed by atoms with Crippen molar-refractivity contribution in [3.8, 4) is 0 Å². The van der Waals surface area contributed by atoms with Crippen LogP contribution in [-0.4, -0.2) is 134 Å². The van der Waals surface area contributed by atoms with Gasteiger partial charge in [0.2, 0.25) is 11.8 Å². The molecule has 7 atom stereocenters. The van der Waals surface area contributed by atoms with Gasteiger partial charge in [-0.25, -0.2) is 4.57 Å². The molecule has 21 nitrogen and oxygen atoms in total. The van der Waals surface area contributed by atoms with Crippen LogP contribution < -0.4 is 10.6 Å². The van der Waals surface area contributed by atoms with Crippen molar-refractivity contribution in [2.45, 2.75) is 457 Å². The Kier molecular flexibility index (Phi) is 68.2. The summed E-state index contributed by atoms with van der Waals surface area (Å²) in [5.41, 5.74) is -0.826. The molecule has 0 rings (SSSR count). The number of phosphoric ester groups is 1. The van der Waals surface area contributed by atoms with Crippen LogP contribution in [0.25, 0.3) is 0 Å². The number of amides is 2. The smallest absolute Gasteiger partial charge is 0.469 e. The number of unbranched alkanes of at least 4 members (excludes halogenated alkanes) is 44. The fourth-order valence-corrected chi connectivity index (χ4v) is 13.5. The highest BCUT2D eigenvalue weighted by Gasteiger charge is 2.36. The highest BCUT2D eigenvalue weighted by atomic mass is 31.2. The number of phosphoric acid groups is 1. The normalized spacial score (nSPS) is 14.2. The van der Waals surface area contributed by atoms with Crippen LogP contribution in [0.15, 0.2) is 11.5 Å². The molecule has 0 radical (unpaired) electrons. The molecule has 2 amide bonds. The van der Waals surface area contributed by atoms with E-state index in [0.29, 0.717) is 51.4 Å². The molecule has 0 aromatic heterocycles. The second kappa shape index (κ2) is 70.4. The van der Waals surface area contributed by atoms with E-state index in [4.69, 9.17) is 28.2 Å². The van der Waals surface area contributed by atoms with E-state index >= 15 is 0 Å². The molecule has 103 heavy (non-hydrogen) atoms. The van der Waals surface area contributed by atoms with Crippen LogP contribution in [0.4, 0.5) is 0 Å². The van der Waals surface area contributed by atoms with Crippen molar-refractivity contribution in [2.75, 3.05) is 19.8 Å². The van der Waals surface area contributed by atoms with Crippen molar-refractivity contribution >= 4 is 37.5 Å². The van der Waals surface area contributed by atoms with Gasteiger partial charge in [-0.3, -0.25) is 28.5 Å². The van der Waals surface area contributed by atoms with E-state index in [1.165, 1.54) is 142 Å². The lowest BCUT2D eigenvalue weighted by molar-refractivity contribution is -0.214. The van der Waals surface area contributed by atoms with Gasteiger partial charge < -0.3 is 69.6 Å². The van der Waals surface area contributed by atoms with Gasteiger partial charge in [0.25, 0.3) is 0 Å². The average Bonchev–Trinajstić information content (AvgIpc) is 0.856. The van der Waals surface area contributed by atoms with Crippen molar-refractivity contribution < 1.29 is 92.1 Å². The van der Waals surface area contributed by atoms with Crippen molar-refractivity contribution in [3.63, 3.8) is 0 Å². The predicted molar refractivity (Wildman–Crippen MR) is 411 cm³/mol. The molecule has 0 aromatic carbocycles. The lowest BCUT2D eigenvalue weighted by atomic mass is 10.0. The Morgan fingerprint density at radius 3 is 1.12 bits per heavy atom. The molecule has 0 aliphatic rings. The largest absolute Gasteiger partial charge is 0.508 e. The Bertz CT molecular complexity index is 2100. The number of hydrogen-bond acceptors (Lipinski definition) is 17. The number of aliphatic hydroxyl groups excluding tert-OH is 4. The second-order valence-corrected chi connectivity index (χ2v) is 30.6. The second-order valence-electron chi connectivity index (χ2n) is 29.4. The van der Waals surface area contributed by atoms with Crippen molar-refractivity contribution in [2.24, 2.45) is 0 Å². The molecular formula is C81H155N2O19P. The van der Waals surface area contributed by atoms with Crippen molar-refractivity contribution in [1.82, 2.24) is 10.6 Å². The van der Waals surface area contributed by atoms with E-state index in [2.05, 4.69) is 45.3 Å². The summed E-state index contributed by atoms with van der Waals surface area (Å²) in [4.78, 5) is 89.1. The Morgan fingerprint density at radius 1 is 0.427 bits per heavy atom. The van der Waals surface area contributed by atoms with E-state index in [1.54, 1.807) is 0 Å². The number of carbonyl (C=O) groups is 5. The highest BCUT2D eigenvalue weighted by Crippen LogP contribution is 2.39. The summed E-state index contributed by atoms with van der Waals surface area (Å²) in [6, 6.07) is -1.62. The summed E-state index contributed by atoms with van der Waals surface area (Å²) < 4.78 is 47.4. The monoisotopic (exact) mass is 1490 g/mol. The standard InChI is InChI=1S/C81H155N2O19P/c1-7-12-17-22-27-32-34-39-44-49-54-59-76(89)99-69(57-52-47-42-37-30-25-20-15-10-4)62-75(88)82-71(65-97-78(91)63-70(58-53-48-43-38-31-26-21-16-11-5)100-77(90)60-55-50-45-40-35-33-28-23-18-13-8-2)81(101-73(64-84)67(6)102-103(94,95)96)98-66-72(86)79(80(92)93)83-74(87)61-68(85)56-51-46-41-36-29-24-19-14-9-3/h67-71,73,80-81,84-86,92-93H,7-66H2,1-6H3,(H,82,88)(H,83,87)(H2,94,95,96)/b79-72+/t67-,68+,69+,70+,71-,73?,81?/m0/s1. The van der Waals surface area contributed by atoms with Crippen LogP contribution >= 0.6 is 7.82 Å². The molecule has 0 saturated carbocycles. The topological polar surface area (TPSA) is 323 Å². The molecule has 0 aliphatic heterocycles. The lowest BCUT2D eigenvalue weighted by Crippen LogP contribution is -2.52. The third kappa shape index (κ3) is 63.4. The highest BCUT2D eigenvalue weighted by molar-refractivity contribution is 7.46. The van der Waals surface area contributed by atoms with Crippen LogP contribution in [0.3, 0.4) is 0 Å². The summed E-state index contributed by atoms with van der Waals surface area (Å²) in [6.07, 6.45) is 42.1. The maximum Gasteiger partial charge on any atom is 0.469 e. The van der Waals surface area contributed by atoms with Gasteiger partial charge in [0, 0.05) is 12.8 Å². The molecule has 2 unspecified atom stereocenters. The van der Waals surface area contributed by atoms with Gasteiger partial charge in [-0.1, -0.05) is 324 Å². The van der Waals surface area contributed by atoms with Crippen LogP contribution in [0.1, 0.15) is 408 Å². The van der Waals surface area contributed by atoms with Gasteiger partial charge in [-0.05, 0) is 51.9 Å². The molecule has 0 bridgehead atoms. The molecule has 608 valence electrons. The summed E-state index contributed by atoms with van der Waals surface area (Å²) in [7, 11) is -5.24. The molecule has 0 saturated heterocycles. The van der Waals surface area contributed by atoms with E-state index in [9.17, 15) is 63.9 Å². The number of aliphatic hydroxyl groups is 5. The Balaban J connectivity index is 7.24. The van der Waals surface area contributed by atoms with Gasteiger partial charge >= 0.3 is 25.7 Å². The predicted octanol–water partition coefficient (Wildman–Crippen LogP) is 18.9. The minimum Gasteiger partial charge on any atom is -0.508 e. The van der Waals surface area contributed by atoms with Gasteiger partial charge in [0.1, 0.15) is 49.0 Å². The van der Waals surface area contributed by atoms with E-state index in [-0.39, 0.29) is 25.7 Å². The average molecular weight is 1490 g/mol. The number of carbonyl (C=O) groups excluding carboxylic acids is 5. The van der Waals surface area contributed by atoms with E-state index in [0.717, 1.165) is 148 Å². The van der Waals surface area contributed by atoms with Gasteiger partial charge in [0.05, 0.1) is 38.1 Å². The number of ether oxygens (including phenoxy) is 5. The molecule has 0 aliphatic carbocycles. The molecule has 0 fully saturated rings. The van der Waals surface area contributed by atoms with E-state index < -0.39 is 124 Å². The first-order valence-corrected chi connectivity index (χ1v) is 43.5. The zero-order valence-electron chi connectivity index (χ0n) is 66.0. The quantitative estimate of drug-likeness (QED) is 0.00682. The molecule has 0 aromatic rings. The minimum absolute atomic E-state index is 0.156. The number of nitrogens with one attached hydrogen (secondary N) is 2. The third-order valence-corrected chi connectivity index (χ3v) is 19.9. The summed E-state index contributed by atoms with van der Waals surface area (Å²) >= 11 is 0. The van der Waals surface area contributed by atoms with Crippen LogP contribution in [-0.2, 0) is 56.7 Å². The molecule has 0 heterocycles. The maximum atomic E-state index is 14.7. The summed E-state index contributed by atoms with van der Waals surface area (Å²) in [6.45, 7) is 9.40. The fourth-order valence-electron chi connectivity index (χ4n) is 13.0. The SMILES string of the molecule is CCCCCCCCCCCCCC(=O)O[C@H](CCCCCCCCCCC)CC(=O)N[C@@H](COC(=O)C[C@@H](CCCCCCCCCCC)OC(=O)CCCCCCCCCCCCC)C(OC/C(O)=C(\NC(=O)C[C@H](O)CCCCCCCCCCC)C(O)O)OC(CO)[C@H](C)OP(=O)(O)O. The summed E-state index contributed by atoms with van der Waals surface area (Å²) in [5, 5.41) is 59.1. The Hall–Kier alpha value is -3.24. The third-order valence-electron chi connectivity index (χ3n) is 19.3. The Morgan fingerprint density at radius 2 is 0.767 bits per heavy atom. The van der Waals surface area contributed by atoms with Crippen molar-refractivity contribution in [1.29, 1.82) is 0 Å². The number of hydrogen-bond donors (Lipinski definition) is 9. The molecular weight excluding hydrogens is 1340 g/mol. The van der Waals surface area contributed by atoms with Crippen molar-refractivity contribution in [3.05, 3.63) is 11.5 Å². The fraction of sp³-hybridized carbons (Fsp3) is 0.914. The molecule has 0 spiro atoms. The van der Waals surface area contributed by atoms with Crippen LogP contribution in [0.2, 0.25) is 0 Å². The molecule has 22 heteroatoms. The number of rotatable bonds is 77. The zero-order valence-corrected chi connectivity index (χ0v) is 66.9. The first kappa shape index (κ1) is 99.8. The first-order chi connectivity index (χ1) is 49.7. The molecule has 9 N–H and O–H groups in total. The van der Waals surface area contributed by atoms with E-state index in [1.807, 2.05) is 0 Å². The first-order valence-electron chi connectivity index (χ1n) is 41.9. The van der Waals surface area contributed by atoms with Gasteiger partial charge in [0.15, 0.2) is 12.6 Å². The zero-order chi connectivity index (χ0) is 76.2. The Labute approximate surface area is 625 Å². The van der Waals surface area contributed by atoms with Crippen LogP contribution in [0, 0.1) is 0 Å².